The van der Waals surface area contributed by atoms with Gasteiger partial charge in [0, 0.05) is 5.92 Å². The molecule has 1 aliphatic heterocycles. The van der Waals surface area contributed by atoms with Crippen LogP contribution in [0.3, 0.4) is 0 Å². The number of carboxylic acids is 1. The van der Waals surface area contributed by atoms with E-state index in [1.165, 1.54) is 0 Å². The average molecular weight is 401 g/mol. The maximum atomic E-state index is 13.9. The summed E-state index contributed by atoms with van der Waals surface area (Å²) in [6.07, 6.45) is -2.53. The minimum atomic E-state index is -3.27. The van der Waals surface area contributed by atoms with E-state index in [4.69, 9.17) is 9.47 Å². The zero-order chi connectivity index (χ0) is 20.3. The van der Waals surface area contributed by atoms with E-state index in [1.54, 1.807) is 0 Å². The standard InChI is InChI=1S/C21H17F2NO5/c22-21(23)17-18(21)28-10-16(19(25)26)24(17)20(27)29-9-15-13-7-3-1-5-11(13)12-6-2-4-8-14(12)15/h1-8,15-18H,9-10H2,(H,25,26). The zero-order valence-corrected chi connectivity index (χ0v) is 15.1. The number of carbonyl (C=O) groups is 2. The molecule has 29 heavy (non-hydrogen) atoms. The maximum absolute atomic E-state index is 13.9. The summed E-state index contributed by atoms with van der Waals surface area (Å²) in [5.41, 5.74) is 4.03. The molecule has 1 N–H and O–H groups in total. The fourth-order valence-electron chi connectivity index (χ4n) is 4.39. The minimum absolute atomic E-state index is 0.0699. The number of rotatable bonds is 3. The Bertz CT molecular complexity index is 965. The van der Waals surface area contributed by atoms with Gasteiger partial charge >= 0.3 is 12.1 Å². The molecule has 2 fully saturated rings. The third kappa shape index (κ3) is 2.62. The van der Waals surface area contributed by atoms with Crippen molar-refractivity contribution in [2.24, 2.45) is 0 Å². The first-order valence-corrected chi connectivity index (χ1v) is 9.26. The van der Waals surface area contributed by atoms with E-state index in [9.17, 15) is 23.5 Å². The van der Waals surface area contributed by atoms with E-state index in [-0.39, 0.29) is 12.5 Å². The highest BCUT2D eigenvalue weighted by atomic mass is 19.3. The number of carbonyl (C=O) groups excluding carboxylic acids is 1. The van der Waals surface area contributed by atoms with Crippen molar-refractivity contribution in [3.63, 3.8) is 0 Å². The molecule has 1 heterocycles. The quantitative estimate of drug-likeness (QED) is 0.855. The molecular weight excluding hydrogens is 384 g/mol. The van der Waals surface area contributed by atoms with Crippen LogP contribution in [0.25, 0.3) is 11.1 Å². The molecule has 3 unspecified atom stereocenters. The molecule has 150 valence electrons. The maximum Gasteiger partial charge on any atom is 0.411 e. The molecule has 1 amide bonds. The number of halogens is 2. The number of hydrogen-bond donors (Lipinski definition) is 1. The van der Waals surface area contributed by atoms with Crippen molar-refractivity contribution in [1.82, 2.24) is 4.90 Å². The number of amides is 1. The lowest BCUT2D eigenvalue weighted by Crippen LogP contribution is -2.53. The lowest BCUT2D eigenvalue weighted by molar-refractivity contribution is -0.148. The Kier molecular flexibility index (Phi) is 3.89. The Balaban J connectivity index is 1.39. The smallest absolute Gasteiger partial charge is 0.411 e. The number of fused-ring (bicyclic) bond motifs is 4. The van der Waals surface area contributed by atoms with Crippen LogP contribution in [0.5, 0.6) is 0 Å². The van der Waals surface area contributed by atoms with Crippen LogP contribution in [0.2, 0.25) is 0 Å². The number of carboxylic acid groups (broad SMARTS) is 1. The van der Waals surface area contributed by atoms with Gasteiger partial charge in [0.15, 0.2) is 6.04 Å². The summed E-state index contributed by atoms with van der Waals surface area (Å²) < 4.78 is 38.1. The molecular formula is C21H17F2NO5. The molecule has 0 spiro atoms. The lowest BCUT2D eigenvalue weighted by atomic mass is 9.98. The van der Waals surface area contributed by atoms with Crippen LogP contribution in [-0.2, 0) is 14.3 Å². The molecule has 0 bridgehead atoms. The number of benzene rings is 2. The predicted molar refractivity (Wildman–Crippen MR) is 96.8 cm³/mol. The molecule has 0 radical (unpaired) electrons. The largest absolute Gasteiger partial charge is 0.480 e. The first-order chi connectivity index (χ1) is 13.9. The van der Waals surface area contributed by atoms with E-state index in [2.05, 4.69) is 0 Å². The van der Waals surface area contributed by atoms with Crippen LogP contribution in [0, 0.1) is 0 Å². The van der Waals surface area contributed by atoms with Crippen molar-refractivity contribution < 1.29 is 33.0 Å². The van der Waals surface area contributed by atoms with Crippen LogP contribution in [0.1, 0.15) is 17.0 Å². The second-order valence-electron chi connectivity index (χ2n) is 7.44. The van der Waals surface area contributed by atoms with E-state index in [0.29, 0.717) is 4.90 Å². The van der Waals surface area contributed by atoms with E-state index >= 15 is 0 Å². The molecule has 3 aliphatic rings. The minimum Gasteiger partial charge on any atom is -0.480 e. The monoisotopic (exact) mass is 401 g/mol. The van der Waals surface area contributed by atoms with Crippen LogP contribution in [0.15, 0.2) is 48.5 Å². The normalized spacial score (nSPS) is 26.3. The summed E-state index contributed by atoms with van der Waals surface area (Å²) in [7, 11) is 0. The topological polar surface area (TPSA) is 76.1 Å². The van der Waals surface area contributed by atoms with Gasteiger partial charge in [-0.05, 0) is 22.3 Å². The predicted octanol–water partition coefficient (Wildman–Crippen LogP) is 3.11. The molecule has 2 aromatic carbocycles. The van der Waals surface area contributed by atoms with E-state index < -0.39 is 42.8 Å². The zero-order valence-electron chi connectivity index (χ0n) is 15.1. The van der Waals surface area contributed by atoms with E-state index in [0.717, 1.165) is 22.3 Å². The average Bonchev–Trinajstić information content (AvgIpc) is 3.14. The van der Waals surface area contributed by atoms with Gasteiger partial charge in [0.2, 0.25) is 0 Å². The van der Waals surface area contributed by atoms with Crippen molar-refractivity contribution in [2.45, 2.75) is 30.0 Å². The number of aliphatic carboxylic acids is 1. The summed E-state index contributed by atoms with van der Waals surface area (Å²) in [4.78, 5) is 24.8. The van der Waals surface area contributed by atoms with Gasteiger partial charge in [-0.1, -0.05) is 48.5 Å². The van der Waals surface area contributed by atoms with Gasteiger partial charge in [-0.2, -0.15) is 0 Å². The highest BCUT2D eigenvalue weighted by Crippen LogP contribution is 2.52. The Morgan fingerprint density at radius 1 is 1.10 bits per heavy atom. The number of alkyl halides is 2. The fourth-order valence-corrected chi connectivity index (χ4v) is 4.39. The Labute approximate surface area is 164 Å². The second-order valence-corrected chi connectivity index (χ2v) is 7.44. The molecule has 1 saturated carbocycles. The van der Waals surface area contributed by atoms with E-state index in [1.807, 2.05) is 48.5 Å². The van der Waals surface area contributed by atoms with Crippen LogP contribution < -0.4 is 0 Å². The highest BCUT2D eigenvalue weighted by Gasteiger charge is 2.77. The molecule has 8 heteroatoms. The summed E-state index contributed by atoms with van der Waals surface area (Å²) in [5, 5.41) is 9.33. The number of hydrogen-bond acceptors (Lipinski definition) is 4. The Morgan fingerprint density at radius 2 is 1.69 bits per heavy atom. The summed E-state index contributed by atoms with van der Waals surface area (Å²) in [5.74, 6) is -4.92. The first-order valence-electron chi connectivity index (χ1n) is 9.26. The summed E-state index contributed by atoms with van der Waals surface area (Å²) >= 11 is 0. The first kappa shape index (κ1) is 18.1. The van der Waals surface area contributed by atoms with Crippen LogP contribution in [0.4, 0.5) is 13.6 Å². The molecule has 2 aromatic rings. The molecule has 5 rings (SSSR count). The van der Waals surface area contributed by atoms with Gasteiger partial charge in [-0.25, -0.2) is 18.4 Å². The van der Waals surface area contributed by atoms with Gasteiger partial charge in [0.05, 0.1) is 6.61 Å². The second kappa shape index (κ2) is 6.25. The molecule has 6 nitrogen and oxygen atoms in total. The lowest BCUT2D eigenvalue weighted by Gasteiger charge is -2.31. The van der Waals surface area contributed by atoms with Crippen molar-refractivity contribution >= 4 is 12.1 Å². The third-order valence-corrected chi connectivity index (χ3v) is 5.85. The number of nitrogens with zero attached hydrogens (tertiary/aromatic N) is 1. The fraction of sp³-hybridized carbons (Fsp3) is 0.333. The summed E-state index contributed by atoms with van der Waals surface area (Å²) in [6.45, 7) is -0.560. The molecule has 3 atom stereocenters. The SMILES string of the molecule is O=C(O)C1COC2C(N1C(=O)OCC1c3ccccc3-c3ccccc31)C2(F)F. The van der Waals surface area contributed by atoms with Gasteiger partial charge in [-0.3, -0.25) is 4.90 Å². The van der Waals surface area contributed by atoms with Crippen LogP contribution >= 0.6 is 0 Å². The van der Waals surface area contributed by atoms with Gasteiger partial charge in [-0.15, -0.1) is 0 Å². The van der Waals surface area contributed by atoms with Gasteiger partial charge < -0.3 is 14.6 Å². The Hall–Kier alpha value is -3.00. The number of ether oxygens (including phenoxy) is 2. The Morgan fingerprint density at radius 3 is 2.28 bits per heavy atom. The van der Waals surface area contributed by atoms with Crippen molar-refractivity contribution in [2.75, 3.05) is 13.2 Å². The third-order valence-electron chi connectivity index (χ3n) is 5.85. The summed E-state index contributed by atoms with van der Waals surface area (Å²) in [6, 6.07) is 12.3. The number of morpholine rings is 1. The highest BCUT2D eigenvalue weighted by molar-refractivity contribution is 5.82. The van der Waals surface area contributed by atoms with Crippen molar-refractivity contribution in [1.29, 1.82) is 0 Å². The van der Waals surface area contributed by atoms with Crippen LogP contribution in [-0.4, -0.2) is 59.4 Å². The van der Waals surface area contributed by atoms with Crippen molar-refractivity contribution in [3.05, 3.63) is 59.7 Å². The van der Waals surface area contributed by atoms with Gasteiger partial charge in [0.25, 0.3) is 5.92 Å². The van der Waals surface area contributed by atoms with Crippen molar-refractivity contribution in [3.8, 4) is 11.1 Å². The van der Waals surface area contributed by atoms with Gasteiger partial charge in [0.1, 0.15) is 18.8 Å². The molecule has 2 aliphatic carbocycles. The molecule has 1 saturated heterocycles. The molecule has 0 aromatic heterocycles.